The van der Waals surface area contributed by atoms with Crippen LogP contribution in [-0.4, -0.2) is 49.2 Å². The molecule has 1 amide bonds. The minimum atomic E-state index is -3.62. The highest BCUT2D eigenvalue weighted by Crippen LogP contribution is 2.65. The quantitative estimate of drug-likeness (QED) is 0.527. The SMILES string of the molecule is CCC(C)SP(=O)(N(C)C=O)N(C)S(C)(=O)=O. The molecule has 9 heteroatoms. The van der Waals surface area contributed by atoms with Crippen LogP contribution in [0.5, 0.6) is 0 Å². The Morgan fingerprint density at radius 3 is 2.18 bits per heavy atom. The molecule has 0 saturated heterocycles. The lowest BCUT2D eigenvalue weighted by Crippen LogP contribution is -2.29. The number of carbonyl (C=O) groups is 1. The normalized spacial score (nSPS) is 17.5. The first kappa shape index (κ1) is 17.0. The van der Waals surface area contributed by atoms with Crippen molar-refractivity contribution >= 4 is 34.5 Å². The van der Waals surface area contributed by atoms with Crippen molar-refractivity contribution in [2.75, 3.05) is 20.4 Å². The zero-order valence-electron chi connectivity index (χ0n) is 10.7. The summed E-state index contributed by atoms with van der Waals surface area (Å²) in [4.78, 5) is 10.8. The summed E-state index contributed by atoms with van der Waals surface area (Å²) in [5, 5.41) is -0.00701. The molecule has 0 radical (unpaired) electrons. The highest BCUT2D eigenvalue weighted by molar-refractivity contribution is 8.58. The zero-order chi connectivity index (χ0) is 13.9. The van der Waals surface area contributed by atoms with E-state index >= 15 is 0 Å². The zero-order valence-corrected chi connectivity index (χ0v) is 13.2. The first-order valence-corrected chi connectivity index (χ1v) is 9.95. The fourth-order valence-electron chi connectivity index (χ4n) is 0.895. The third-order valence-corrected chi connectivity index (χ3v) is 11.1. The van der Waals surface area contributed by atoms with E-state index in [1.54, 1.807) is 0 Å². The number of sulfonamides is 1. The number of nitrogens with zero attached hydrogens (tertiary/aromatic N) is 2. The van der Waals surface area contributed by atoms with Gasteiger partial charge in [0.25, 0.3) is 0 Å². The fourth-order valence-corrected chi connectivity index (χ4v) is 8.41. The van der Waals surface area contributed by atoms with Crippen LogP contribution in [0.1, 0.15) is 20.3 Å². The van der Waals surface area contributed by atoms with Gasteiger partial charge < -0.3 is 0 Å². The number of carbonyl (C=O) groups excluding carboxylic acids is 1. The van der Waals surface area contributed by atoms with Crippen LogP contribution in [0.25, 0.3) is 0 Å². The van der Waals surface area contributed by atoms with Gasteiger partial charge in [-0.15, -0.1) is 4.08 Å². The van der Waals surface area contributed by atoms with Gasteiger partial charge in [0.15, 0.2) is 0 Å². The number of hydrogen-bond donors (Lipinski definition) is 0. The Morgan fingerprint density at radius 1 is 1.41 bits per heavy atom. The standard InChI is InChI=1S/C8H19N2O4PS2/c1-6-8(2)16-15(12,9(3)7-11)10(4)17(5,13)14/h7-8H,6H2,1-5H3. The van der Waals surface area contributed by atoms with Gasteiger partial charge in [-0.2, -0.15) is 0 Å². The highest BCUT2D eigenvalue weighted by atomic mass is 32.7. The first-order chi connectivity index (χ1) is 7.59. The molecule has 102 valence electrons. The van der Waals surface area contributed by atoms with E-state index in [4.69, 9.17) is 0 Å². The molecule has 0 bridgehead atoms. The van der Waals surface area contributed by atoms with Gasteiger partial charge in [-0.1, -0.05) is 25.2 Å². The Hall–Kier alpha value is -0.0400. The Bertz CT molecular complexity index is 412. The molecule has 0 aliphatic carbocycles. The Kier molecular flexibility index (Phi) is 6.21. The maximum absolute atomic E-state index is 12.7. The van der Waals surface area contributed by atoms with Crippen LogP contribution in [0.4, 0.5) is 0 Å². The summed E-state index contributed by atoms with van der Waals surface area (Å²) < 4.78 is 37.3. The molecule has 0 fully saturated rings. The average Bonchev–Trinajstić information content (AvgIpc) is 2.25. The highest BCUT2D eigenvalue weighted by Gasteiger charge is 2.39. The molecule has 2 atom stereocenters. The molecule has 0 rings (SSSR count). The van der Waals surface area contributed by atoms with Gasteiger partial charge in [0.05, 0.1) is 6.26 Å². The van der Waals surface area contributed by atoms with E-state index in [2.05, 4.69) is 0 Å². The van der Waals surface area contributed by atoms with E-state index in [9.17, 15) is 17.8 Å². The van der Waals surface area contributed by atoms with Crippen molar-refractivity contribution in [1.82, 2.24) is 8.75 Å². The minimum absolute atomic E-state index is 0.00701. The summed E-state index contributed by atoms with van der Waals surface area (Å²) in [5.74, 6) is 0. The summed E-state index contributed by atoms with van der Waals surface area (Å²) in [5.41, 5.74) is 0. The van der Waals surface area contributed by atoms with Crippen LogP contribution in [0, 0.1) is 0 Å². The molecule has 0 aromatic rings. The third kappa shape index (κ3) is 4.28. The molecule has 0 aromatic heterocycles. The van der Waals surface area contributed by atoms with Gasteiger partial charge >= 0.3 is 6.65 Å². The van der Waals surface area contributed by atoms with Gasteiger partial charge in [-0.05, 0) is 6.42 Å². The van der Waals surface area contributed by atoms with Crippen molar-refractivity contribution in [3.8, 4) is 0 Å². The summed E-state index contributed by atoms with van der Waals surface area (Å²) in [6.45, 7) is 0.277. The van der Waals surface area contributed by atoms with E-state index in [1.807, 2.05) is 13.8 Å². The molecule has 0 aliphatic heterocycles. The second-order valence-electron chi connectivity index (χ2n) is 3.69. The summed E-state index contributed by atoms with van der Waals surface area (Å²) in [7, 11) is -1.07. The molecule has 0 aliphatic rings. The summed E-state index contributed by atoms with van der Waals surface area (Å²) in [6, 6.07) is 0. The van der Waals surface area contributed by atoms with Crippen LogP contribution >= 0.6 is 18.0 Å². The largest absolute Gasteiger partial charge is 0.310 e. The lowest BCUT2D eigenvalue weighted by molar-refractivity contribution is -0.113. The van der Waals surface area contributed by atoms with Gasteiger partial charge in [0, 0.05) is 19.3 Å². The Labute approximate surface area is 107 Å². The summed E-state index contributed by atoms with van der Waals surface area (Å²) >= 11 is 1.01. The Balaban J connectivity index is 5.40. The fraction of sp³-hybridized carbons (Fsp3) is 0.875. The van der Waals surface area contributed by atoms with Crippen LogP contribution in [0.3, 0.4) is 0 Å². The first-order valence-electron chi connectivity index (χ1n) is 5.01. The molecule has 0 N–H and O–H groups in total. The topological polar surface area (TPSA) is 74.8 Å². The number of hydrogen-bond acceptors (Lipinski definition) is 5. The second-order valence-corrected chi connectivity index (χ2v) is 11.3. The molecule has 0 heterocycles. The lowest BCUT2D eigenvalue weighted by atomic mass is 10.4. The van der Waals surface area contributed by atoms with Crippen molar-refractivity contribution < 1.29 is 17.8 Å². The minimum Gasteiger partial charge on any atom is -0.278 e. The third-order valence-electron chi connectivity index (χ3n) is 2.28. The predicted octanol–water partition coefficient (Wildman–Crippen LogP) is 1.61. The number of rotatable bonds is 7. The second kappa shape index (κ2) is 6.22. The van der Waals surface area contributed by atoms with Crippen LogP contribution in [0.15, 0.2) is 0 Å². The lowest BCUT2D eigenvalue weighted by Gasteiger charge is -2.32. The smallest absolute Gasteiger partial charge is 0.278 e. The van der Waals surface area contributed by atoms with Crippen LogP contribution < -0.4 is 0 Å². The molecule has 6 nitrogen and oxygen atoms in total. The molecular formula is C8H19N2O4PS2. The molecule has 0 spiro atoms. The van der Waals surface area contributed by atoms with E-state index in [1.165, 1.54) is 14.1 Å². The molecular weight excluding hydrogens is 283 g/mol. The molecule has 17 heavy (non-hydrogen) atoms. The van der Waals surface area contributed by atoms with Gasteiger partial charge in [0.2, 0.25) is 16.4 Å². The van der Waals surface area contributed by atoms with Gasteiger partial charge in [-0.25, -0.2) is 8.42 Å². The van der Waals surface area contributed by atoms with Crippen molar-refractivity contribution in [2.45, 2.75) is 25.5 Å². The van der Waals surface area contributed by atoms with Crippen molar-refractivity contribution in [3.63, 3.8) is 0 Å². The maximum atomic E-state index is 12.7. The van der Waals surface area contributed by atoms with E-state index < -0.39 is 16.7 Å². The van der Waals surface area contributed by atoms with E-state index in [0.717, 1.165) is 32.8 Å². The van der Waals surface area contributed by atoms with Crippen LogP contribution in [0.2, 0.25) is 0 Å². The monoisotopic (exact) mass is 302 g/mol. The van der Waals surface area contributed by atoms with Crippen molar-refractivity contribution in [3.05, 3.63) is 0 Å². The number of amides is 1. The average molecular weight is 302 g/mol. The molecule has 2 unspecified atom stereocenters. The van der Waals surface area contributed by atoms with E-state index in [-0.39, 0.29) is 5.25 Å². The van der Waals surface area contributed by atoms with Crippen molar-refractivity contribution in [2.24, 2.45) is 0 Å². The van der Waals surface area contributed by atoms with Gasteiger partial charge in [-0.3, -0.25) is 14.0 Å². The van der Waals surface area contributed by atoms with Gasteiger partial charge in [0.1, 0.15) is 0 Å². The maximum Gasteiger partial charge on any atom is 0.310 e. The predicted molar refractivity (Wildman–Crippen MR) is 71.4 cm³/mol. The Morgan fingerprint density at radius 2 is 1.88 bits per heavy atom. The summed E-state index contributed by atoms with van der Waals surface area (Å²) in [6.07, 6.45) is 2.09. The van der Waals surface area contributed by atoms with Crippen molar-refractivity contribution in [1.29, 1.82) is 0 Å². The van der Waals surface area contributed by atoms with E-state index in [0.29, 0.717) is 6.41 Å². The van der Waals surface area contributed by atoms with Crippen LogP contribution in [-0.2, 0) is 19.4 Å². The molecule has 0 aromatic carbocycles. The molecule has 0 saturated carbocycles.